The van der Waals surface area contributed by atoms with Gasteiger partial charge in [-0.15, -0.1) is 35.3 Å². The lowest BCUT2D eigenvalue weighted by Gasteiger charge is -2.35. The number of piperidine rings is 1. The van der Waals surface area contributed by atoms with Crippen molar-refractivity contribution < 1.29 is 0 Å². The van der Waals surface area contributed by atoms with Gasteiger partial charge in [0, 0.05) is 43.2 Å². The zero-order valence-electron chi connectivity index (χ0n) is 16.3. The summed E-state index contributed by atoms with van der Waals surface area (Å²) in [4.78, 5) is 11.6. The predicted molar refractivity (Wildman–Crippen MR) is 126 cm³/mol. The molecule has 1 aliphatic heterocycles. The molecule has 5 nitrogen and oxygen atoms in total. The number of hydrogen-bond donors (Lipinski definition) is 2. The first-order valence-electron chi connectivity index (χ1n) is 9.36. The molecule has 1 aromatic carbocycles. The van der Waals surface area contributed by atoms with E-state index in [1.807, 2.05) is 25.2 Å². The van der Waals surface area contributed by atoms with Crippen LogP contribution in [0.5, 0.6) is 0 Å². The van der Waals surface area contributed by atoms with Crippen LogP contribution in [-0.4, -0.2) is 48.1 Å². The number of thiazole rings is 1. The number of rotatable bonds is 5. The van der Waals surface area contributed by atoms with E-state index >= 15 is 0 Å². The Morgan fingerprint density at radius 3 is 2.59 bits per heavy atom. The normalized spacial score (nSPS) is 16.2. The first-order valence-corrected chi connectivity index (χ1v) is 10.2. The number of aliphatic imine (C=N–C) groups is 1. The van der Waals surface area contributed by atoms with Gasteiger partial charge in [0.15, 0.2) is 5.96 Å². The highest BCUT2D eigenvalue weighted by molar-refractivity contribution is 14.0. The van der Waals surface area contributed by atoms with Crippen molar-refractivity contribution in [1.82, 2.24) is 20.5 Å². The molecule has 27 heavy (non-hydrogen) atoms. The van der Waals surface area contributed by atoms with Gasteiger partial charge < -0.3 is 15.5 Å². The third-order valence-electron chi connectivity index (χ3n) is 4.85. The SMILES string of the molecule is CN=C(NCc1nc(-c2ccccc2)cs1)NC1CCN(C(C)C)CC1.I. The summed E-state index contributed by atoms with van der Waals surface area (Å²) in [7, 11) is 1.83. The molecule has 2 heterocycles. The van der Waals surface area contributed by atoms with Crippen molar-refractivity contribution in [2.75, 3.05) is 20.1 Å². The van der Waals surface area contributed by atoms with Crippen molar-refractivity contribution in [1.29, 1.82) is 0 Å². The number of benzene rings is 1. The molecule has 0 saturated carbocycles. The molecule has 3 rings (SSSR count). The van der Waals surface area contributed by atoms with E-state index in [2.05, 4.69) is 51.9 Å². The van der Waals surface area contributed by atoms with Crippen molar-refractivity contribution in [2.45, 2.75) is 45.3 Å². The molecule has 0 amide bonds. The zero-order chi connectivity index (χ0) is 18.4. The lowest BCUT2D eigenvalue weighted by Crippen LogP contribution is -2.49. The molecule has 0 spiro atoms. The second-order valence-corrected chi connectivity index (χ2v) is 7.91. The van der Waals surface area contributed by atoms with E-state index < -0.39 is 0 Å². The van der Waals surface area contributed by atoms with Crippen molar-refractivity contribution in [3.05, 3.63) is 40.7 Å². The Morgan fingerprint density at radius 2 is 1.96 bits per heavy atom. The Balaban J connectivity index is 0.00000261. The lowest BCUT2D eigenvalue weighted by atomic mass is 10.0. The highest BCUT2D eigenvalue weighted by atomic mass is 127. The van der Waals surface area contributed by atoms with Crippen LogP contribution in [-0.2, 0) is 6.54 Å². The van der Waals surface area contributed by atoms with E-state index in [9.17, 15) is 0 Å². The number of hydrogen-bond acceptors (Lipinski definition) is 4. The van der Waals surface area contributed by atoms with Crippen molar-refractivity contribution in [3.8, 4) is 11.3 Å². The minimum Gasteiger partial charge on any atom is -0.354 e. The highest BCUT2D eigenvalue weighted by Gasteiger charge is 2.21. The molecule has 1 saturated heterocycles. The largest absolute Gasteiger partial charge is 0.354 e. The third kappa shape index (κ3) is 6.43. The summed E-state index contributed by atoms with van der Waals surface area (Å²) in [6.45, 7) is 7.54. The minimum absolute atomic E-state index is 0. The maximum atomic E-state index is 4.73. The maximum absolute atomic E-state index is 4.73. The second kappa shape index (κ2) is 11.0. The van der Waals surface area contributed by atoms with Crippen molar-refractivity contribution in [2.24, 2.45) is 4.99 Å². The smallest absolute Gasteiger partial charge is 0.191 e. The van der Waals surface area contributed by atoms with E-state index in [1.54, 1.807) is 11.3 Å². The van der Waals surface area contributed by atoms with Gasteiger partial charge in [0.05, 0.1) is 12.2 Å². The molecule has 1 aromatic heterocycles. The van der Waals surface area contributed by atoms with Crippen LogP contribution in [0.3, 0.4) is 0 Å². The minimum atomic E-state index is 0. The molecule has 0 unspecified atom stereocenters. The summed E-state index contributed by atoms with van der Waals surface area (Å²) >= 11 is 1.68. The molecular weight excluding hydrogens is 469 g/mol. The summed E-state index contributed by atoms with van der Waals surface area (Å²) in [5, 5.41) is 10.2. The third-order valence-corrected chi connectivity index (χ3v) is 5.70. The van der Waals surface area contributed by atoms with Gasteiger partial charge in [-0.2, -0.15) is 0 Å². The van der Waals surface area contributed by atoms with Crippen LogP contribution < -0.4 is 10.6 Å². The van der Waals surface area contributed by atoms with Gasteiger partial charge in [-0.25, -0.2) is 4.98 Å². The van der Waals surface area contributed by atoms with Crippen LogP contribution in [0.2, 0.25) is 0 Å². The van der Waals surface area contributed by atoms with E-state index in [1.165, 1.54) is 0 Å². The molecule has 0 radical (unpaired) electrons. The van der Waals surface area contributed by atoms with E-state index in [0.29, 0.717) is 18.6 Å². The number of aromatic nitrogens is 1. The van der Waals surface area contributed by atoms with E-state index in [-0.39, 0.29) is 24.0 Å². The molecule has 1 fully saturated rings. The quantitative estimate of drug-likeness (QED) is 0.372. The van der Waals surface area contributed by atoms with Crippen LogP contribution in [0.15, 0.2) is 40.7 Å². The maximum Gasteiger partial charge on any atom is 0.191 e. The molecule has 1 aliphatic rings. The Kier molecular flexibility index (Phi) is 8.98. The molecule has 0 aliphatic carbocycles. The van der Waals surface area contributed by atoms with E-state index in [4.69, 9.17) is 4.98 Å². The van der Waals surface area contributed by atoms with Crippen LogP contribution in [0.1, 0.15) is 31.7 Å². The number of guanidine groups is 1. The number of nitrogens with one attached hydrogen (secondary N) is 2. The number of nitrogens with zero attached hydrogens (tertiary/aromatic N) is 3. The molecule has 2 aromatic rings. The fraction of sp³-hybridized carbons (Fsp3) is 0.500. The lowest BCUT2D eigenvalue weighted by molar-refractivity contribution is 0.167. The Labute approximate surface area is 183 Å². The van der Waals surface area contributed by atoms with Gasteiger partial charge in [0.1, 0.15) is 5.01 Å². The van der Waals surface area contributed by atoms with E-state index in [0.717, 1.165) is 48.2 Å². The zero-order valence-corrected chi connectivity index (χ0v) is 19.5. The molecular formula is C20H30IN5S. The number of likely N-dealkylation sites (tertiary alicyclic amines) is 1. The fourth-order valence-corrected chi connectivity index (χ4v) is 3.98. The van der Waals surface area contributed by atoms with Crippen LogP contribution in [0.4, 0.5) is 0 Å². The molecule has 7 heteroatoms. The summed E-state index contributed by atoms with van der Waals surface area (Å²) < 4.78 is 0. The molecule has 0 atom stereocenters. The summed E-state index contributed by atoms with van der Waals surface area (Å²) in [5.41, 5.74) is 2.20. The van der Waals surface area contributed by atoms with Gasteiger partial charge in [0.25, 0.3) is 0 Å². The molecule has 148 valence electrons. The van der Waals surface area contributed by atoms with Crippen LogP contribution in [0, 0.1) is 0 Å². The standard InChI is InChI=1S/C20H29N5S.HI/c1-15(2)25-11-9-17(10-12-25)23-20(21-3)22-13-19-24-18(14-26-19)16-7-5-4-6-8-16;/h4-8,14-15,17H,9-13H2,1-3H3,(H2,21,22,23);1H. The summed E-state index contributed by atoms with van der Waals surface area (Å²) in [6, 6.07) is 11.4. The first kappa shape index (κ1) is 22.1. The van der Waals surface area contributed by atoms with Crippen molar-refractivity contribution in [3.63, 3.8) is 0 Å². The fourth-order valence-electron chi connectivity index (χ4n) is 3.24. The monoisotopic (exact) mass is 499 g/mol. The van der Waals surface area contributed by atoms with Gasteiger partial charge >= 0.3 is 0 Å². The van der Waals surface area contributed by atoms with Gasteiger partial charge in [-0.1, -0.05) is 30.3 Å². The average Bonchev–Trinajstić information content (AvgIpc) is 3.15. The van der Waals surface area contributed by atoms with Crippen LogP contribution >= 0.6 is 35.3 Å². The van der Waals surface area contributed by atoms with Gasteiger partial charge in [-0.05, 0) is 26.7 Å². The molecule has 0 bridgehead atoms. The van der Waals surface area contributed by atoms with Gasteiger partial charge in [0.2, 0.25) is 0 Å². The topological polar surface area (TPSA) is 52.6 Å². The highest BCUT2D eigenvalue weighted by Crippen LogP contribution is 2.21. The summed E-state index contributed by atoms with van der Waals surface area (Å²) in [6.07, 6.45) is 2.32. The Morgan fingerprint density at radius 1 is 1.26 bits per heavy atom. The van der Waals surface area contributed by atoms with Gasteiger partial charge in [-0.3, -0.25) is 4.99 Å². The second-order valence-electron chi connectivity index (χ2n) is 6.97. The van der Waals surface area contributed by atoms with Crippen molar-refractivity contribution >= 4 is 41.3 Å². The predicted octanol–water partition coefficient (Wildman–Crippen LogP) is 3.97. The van der Waals surface area contributed by atoms with Crippen LogP contribution in [0.25, 0.3) is 11.3 Å². The Bertz CT molecular complexity index is 708. The summed E-state index contributed by atoms with van der Waals surface area (Å²) in [5.74, 6) is 0.865. The average molecular weight is 499 g/mol. The number of halogens is 1. The Hall–Kier alpha value is -1.19. The first-order chi connectivity index (χ1) is 12.7. The molecule has 2 N–H and O–H groups in total.